The molecule has 150 valence electrons. The molecule has 0 spiro atoms. The molecule has 2 aromatic rings. The van der Waals surface area contributed by atoms with Crippen molar-refractivity contribution in [2.75, 3.05) is 11.9 Å². The van der Waals surface area contributed by atoms with E-state index in [4.69, 9.17) is 9.47 Å². The lowest BCUT2D eigenvalue weighted by atomic mass is 9.98. The molecule has 0 aromatic heterocycles. The van der Waals surface area contributed by atoms with Crippen molar-refractivity contribution in [3.63, 3.8) is 0 Å². The van der Waals surface area contributed by atoms with Gasteiger partial charge in [0.2, 0.25) is 0 Å². The van der Waals surface area contributed by atoms with Gasteiger partial charge < -0.3 is 14.8 Å². The maximum Gasteiger partial charge on any atom is 0.344 e. The SMILES string of the molecule is Cc1cc(C)cc(OCC(=O)O[C@H](C)C(=O)Nc2c(C)cccc2C(C)C)c1. The molecular weight excluding hydrogens is 354 g/mol. The molecule has 1 N–H and O–H groups in total. The molecule has 28 heavy (non-hydrogen) atoms. The first-order chi connectivity index (χ1) is 13.2. The molecule has 1 atom stereocenters. The molecule has 2 aromatic carbocycles. The van der Waals surface area contributed by atoms with Crippen molar-refractivity contribution >= 4 is 17.6 Å². The van der Waals surface area contributed by atoms with Crippen molar-refractivity contribution in [2.45, 2.75) is 53.6 Å². The summed E-state index contributed by atoms with van der Waals surface area (Å²) in [5, 5.41) is 2.90. The van der Waals surface area contributed by atoms with Gasteiger partial charge in [-0.15, -0.1) is 0 Å². The minimum atomic E-state index is -0.921. The number of benzene rings is 2. The second-order valence-corrected chi connectivity index (χ2v) is 7.43. The Kier molecular flexibility index (Phi) is 7.21. The molecule has 0 aliphatic carbocycles. The number of rotatable bonds is 7. The Hall–Kier alpha value is -2.82. The molecule has 0 saturated heterocycles. The lowest BCUT2D eigenvalue weighted by molar-refractivity contribution is -0.155. The van der Waals surface area contributed by atoms with E-state index in [1.165, 1.54) is 0 Å². The predicted molar refractivity (Wildman–Crippen MR) is 111 cm³/mol. The molecule has 0 fully saturated rings. The summed E-state index contributed by atoms with van der Waals surface area (Å²) in [4.78, 5) is 24.6. The maximum absolute atomic E-state index is 12.5. The molecule has 0 unspecified atom stereocenters. The number of anilines is 1. The minimum Gasteiger partial charge on any atom is -0.482 e. The first kappa shape index (κ1) is 21.5. The lowest BCUT2D eigenvalue weighted by Gasteiger charge is -2.19. The highest BCUT2D eigenvalue weighted by Gasteiger charge is 2.20. The summed E-state index contributed by atoms with van der Waals surface area (Å²) in [6.45, 7) is 11.3. The number of carbonyl (C=O) groups is 2. The van der Waals surface area contributed by atoms with Gasteiger partial charge in [0.25, 0.3) is 5.91 Å². The van der Waals surface area contributed by atoms with Gasteiger partial charge in [-0.1, -0.05) is 38.1 Å². The Bertz CT molecular complexity index is 837. The van der Waals surface area contributed by atoms with Crippen molar-refractivity contribution in [1.82, 2.24) is 0 Å². The third kappa shape index (κ3) is 5.84. The highest BCUT2D eigenvalue weighted by Crippen LogP contribution is 2.27. The number of hydrogen-bond donors (Lipinski definition) is 1. The van der Waals surface area contributed by atoms with Crippen LogP contribution < -0.4 is 10.1 Å². The number of esters is 1. The predicted octanol–water partition coefficient (Wildman–Crippen LogP) is 4.68. The summed E-state index contributed by atoms with van der Waals surface area (Å²) in [6, 6.07) is 11.6. The average molecular weight is 383 g/mol. The number of carbonyl (C=O) groups excluding carboxylic acids is 2. The van der Waals surface area contributed by atoms with Crippen molar-refractivity contribution in [3.8, 4) is 5.75 Å². The van der Waals surface area contributed by atoms with Gasteiger partial charge >= 0.3 is 5.97 Å². The Morgan fingerprint density at radius 2 is 1.64 bits per heavy atom. The van der Waals surface area contributed by atoms with Gasteiger partial charge in [-0.25, -0.2) is 4.79 Å². The fourth-order valence-corrected chi connectivity index (χ4v) is 3.01. The van der Waals surface area contributed by atoms with E-state index in [0.29, 0.717) is 5.75 Å². The van der Waals surface area contributed by atoms with Crippen molar-refractivity contribution in [1.29, 1.82) is 0 Å². The highest BCUT2D eigenvalue weighted by molar-refractivity contribution is 5.96. The third-order valence-electron chi connectivity index (χ3n) is 4.40. The molecular formula is C23H29NO4. The van der Waals surface area contributed by atoms with Crippen molar-refractivity contribution in [2.24, 2.45) is 0 Å². The van der Waals surface area contributed by atoms with Crippen LogP contribution in [0, 0.1) is 20.8 Å². The first-order valence-electron chi connectivity index (χ1n) is 9.48. The molecule has 0 aliphatic heterocycles. The van der Waals surface area contributed by atoms with Crippen LogP contribution in [-0.4, -0.2) is 24.6 Å². The molecule has 0 radical (unpaired) electrons. The summed E-state index contributed by atoms with van der Waals surface area (Å²) in [7, 11) is 0. The van der Waals surface area contributed by atoms with Crippen LogP contribution in [0.15, 0.2) is 36.4 Å². The van der Waals surface area contributed by atoms with Gasteiger partial charge in [0.1, 0.15) is 5.75 Å². The van der Waals surface area contributed by atoms with Gasteiger partial charge in [-0.2, -0.15) is 0 Å². The summed E-state index contributed by atoms with van der Waals surface area (Å²) in [6.07, 6.45) is -0.921. The summed E-state index contributed by atoms with van der Waals surface area (Å²) < 4.78 is 10.7. The molecule has 0 saturated carbocycles. The van der Waals surface area contributed by atoms with Gasteiger partial charge in [-0.05, 0) is 68.0 Å². The van der Waals surface area contributed by atoms with Crippen LogP contribution in [0.1, 0.15) is 48.9 Å². The maximum atomic E-state index is 12.5. The Balaban J connectivity index is 1.94. The topological polar surface area (TPSA) is 64.6 Å². The fraction of sp³-hybridized carbons (Fsp3) is 0.391. The van der Waals surface area contributed by atoms with Crippen LogP contribution in [0.4, 0.5) is 5.69 Å². The Morgan fingerprint density at radius 1 is 1.00 bits per heavy atom. The molecule has 5 heteroatoms. The monoisotopic (exact) mass is 383 g/mol. The zero-order chi connectivity index (χ0) is 20.8. The van der Waals surface area contributed by atoms with E-state index < -0.39 is 12.1 Å². The van der Waals surface area contributed by atoms with Gasteiger partial charge in [0.05, 0.1) is 0 Å². The standard InChI is InChI=1S/C23H29NO4/c1-14(2)20-9-7-8-17(5)22(20)24-23(26)18(6)28-21(25)13-27-19-11-15(3)10-16(4)12-19/h7-12,14,18H,13H2,1-6H3,(H,24,26)/t18-/m1/s1. The van der Waals surface area contributed by atoms with Crippen LogP contribution in [-0.2, 0) is 14.3 Å². The van der Waals surface area contributed by atoms with Crippen LogP contribution in [0.2, 0.25) is 0 Å². The Morgan fingerprint density at radius 3 is 2.25 bits per heavy atom. The van der Waals surface area contributed by atoms with E-state index in [2.05, 4.69) is 19.2 Å². The van der Waals surface area contributed by atoms with E-state index in [0.717, 1.165) is 27.9 Å². The smallest absolute Gasteiger partial charge is 0.344 e. The van der Waals surface area contributed by atoms with Crippen LogP contribution in [0.5, 0.6) is 5.75 Å². The van der Waals surface area contributed by atoms with E-state index in [1.807, 2.05) is 57.2 Å². The fourth-order valence-electron chi connectivity index (χ4n) is 3.01. The summed E-state index contributed by atoms with van der Waals surface area (Å²) >= 11 is 0. The summed E-state index contributed by atoms with van der Waals surface area (Å²) in [5.74, 6) is -0.0843. The molecule has 5 nitrogen and oxygen atoms in total. The van der Waals surface area contributed by atoms with Gasteiger partial charge in [-0.3, -0.25) is 4.79 Å². The minimum absolute atomic E-state index is 0.248. The van der Waals surface area contributed by atoms with Crippen molar-refractivity contribution < 1.29 is 19.1 Å². The Labute approximate surface area is 167 Å². The second kappa shape index (κ2) is 9.40. The highest BCUT2D eigenvalue weighted by atomic mass is 16.6. The zero-order valence-corrected chi connectivity index (χ0v) is 17.5. The van der Waals surface area contributed by atoms with Crippen LogP contribution in [0.25, 0.3) is 0 Å². The second-order valence-electron chi connectivity index (χ2n) is 7.43. The van der Waals surface area contributed by atoms with E-state index >= 15 is 0 Å². The van der Waals surface area contributed by atoms with Crippen molar-refractivity contribution in [3.05, 3.63) is 58.7 Å². The number of ether oxygens (including phenoxy) is 2. The number of hydrogen-bond acceptors (Lipinski definition) is 4. The number of amides is 1. The number of aryl methyl sites for hydroxylation is 3. The first-order valence-corrected chi connectivity index (χ1v) is 9.48. The number of nitrogens with one attached hydrogen (secondary N) is 1. The van der Waals surface area contributed by atoms with Gasteiger partial charge in [0, 0.05) is 5.69 Å². The zero-order valence-electron chi connectivity index (χ0n) is 17.5. The van der Waals surface area contributed by atoms with Gasteiger partial charge in [0.15, 0.2) is 12.7 Å². The van der Waals surface area contributed by atoms with Crippen LogP contribution >= 0.6 is 0 Å². The normalized spacial score (nSPS) is 11.8. The summed E-state index contributed by atoms with van der Waals surface area (Å²) in [5.41, 5.74) is 4.89. The molecule has 2 rings (SSSR count). The van der Waals surface area contributed by atoms with Crippen LogP contribution in [0.3, 0.4) is 0 Å². The van der Waals surface area contributed by atoms with E-state index in [-0.39, 0.29) is 18.4 Å². The lowest BCUT2D eigenvalue weighted by Crippen LogP contribution is -2.32. The molecule has 0 heterocycles. The molecule has 1 amide bonds. The average Bonchev–Trinajstić information content (AvgIpc) is 2.60. The third-order valence-corrected chi connectivity index (χ3v) is 4.40. The quantitative estimate of drug-likeness (QED) is 0.705. The van der Waals surface area contributed by atoms with E-state index in [1.54, 1.807) is 6.92 Å². The van der Waals surface area contributed by atoms with E-state index in [9.17, 15) is 9.59 Å². The molecule has 0 bridgehead atoms. The largest absolute Gasteiger partial charge is 0.482 e. The number of para-hydroxylation sites is 1. The molecule has 0 aliphatic rings.